The van der Waals surface area contributed by atoms with Crippen LogP contribution < -0.4 is 0 Å². The standard InChI is InChI=1S/C46H54Si/c1-9-17-31-19-11-13-21-33(31)35-23-15-25-37-39(35)27-43(45(3,4)5)41(37)29-47-30-42-38-26-16-24-36(40(38)28-44(42)46(6,7)8)34-22-14-12-20-32(34)18-10-2/h11-16,19-28,41-42H,9-10,17-18,29-30H2,1-8H3. The van der Waals surface area contributed by atoms with Gasteiger partial charge in [0.15, 0.2) is 0 Å². The molecule has 0 aliphatic heterocycles. The van der Waals surface area contributed by atoms with Gasteiger partial charge in [-0.15, -0.1) is 0 Å². The van der Waals surface area contributed by atoms with Crippen LogP contribution in [0.15, 0.2) is 96.1 Å². The zero-order valence-corrected chi connectivity index (χ0v) is 31.1. The van der Waals surface area contributed by atoms with Gasteiger partial charge in [-0.2, -0.15) is 0 Å². The minimum atomic E-state index is 0.131. The zero-order valence-electron chi connectivity index (χ0n) is 30.1. The molecule has 0 heterocycles. The Labute approximate surface area is 288 Å². The van der Waals surface area contributed by atoms with Crippen LogP contribution in [0.25, 0.3) is 34.4 Å². The topological polar surface area (TPSA) is 0 Å². The predicted molar refractivity (Wildman–Crippen MR) is 207 cm³/mol. The molecule has 2 radical (unpaired) electrons. The minimum absolute atomic E-state index is 0.131. The molecule has 4 aromatic carbocycles. The molecule has 0 spiro atoms. The van der Waals surface area contributed by atoms with E-state index in [1.54, 1.807) is 22.3 Å². The number of aryl methyl sites for hydroxylation is 2. The lowest BCUT2D eigenvalue weighted by Crippen LogP contribution is -2.18. The van der Waals surface area contributed by atoms with Crippen molar-refractivity contribution < 1.29 is 0 Å². The molecule has 2 atom stereocenters. The van der Waals surface area contributed by atoms with Gasteiger partial charge >= 0.3 is 0 Å². The number of benzene rings is 4. The molecule has 4 aromatic rings. The van der Waals surface area contributed by atoms with Crippen molar-refractivity contribution >= 4 is 21.7 Å². The van der Waals surface area contributed by atoms with Gasteiger partial charge in [-0.1, -0.05) is 189 Å². The first-order valence-electron chi connectivity index (χ1n) is 18.1. The van der Waals surface area contributed by atoms with Gasteiger partial charge in [-0.3, -0.25) is 0 Å². The molecular formula is C46H54Si. The average molecular weight is 635 g/mol. The molecule has 0 saturated heterocycles. The molecule has 0 nitrogen and oxygen atoms in total. The van der Waals surface area contributed by atoms with E-state index in [2.05, 4.69) is 152 Å². The first-order chi connectivity index (χ1) is 22.5. The van der Waals surface area contributed by atoms with Crippen molar-refractivity contribution in [1.29, 1.82) is 0 Å². The van der Waals surface area contributed by atoms with Crippen LogP contribution in [0, 0.1) is 10.8 Å². The van der Waals surface area contributed by atoms with Crippen LogP contribution in [0.5, 0.6) is 0 Å². The van der Waals surface area contributed by atoms with E-state index in [1.165, 1.54) is 69.4 Å². The van der Waals surface area contributed by atoms with Gasteiger partial charge < -0.3 is 0 Å². The Kier molecular flexibility index (Phi) is 9.68. The molecule has 47 heavy (non-hydrogen) atoms. The fourth-order valence-corrected chi connectivity index (χ4v) is 9.87. The lowest BCUT2D eigenvalue weighted by molar-refractivity contribution is 0.475. The second kappa shape index (κ2) is 13.6. The molecule has 2 aliphatic rings. The molecule has 2 unspecified atom stereocenters. The van der Waals surface area contributed by atoms with Gasteiger partial charge in [0.1, 0.15) is 0 Å². The minimum Gasteiger partial charge on any atom is -0.0651 e. The Morgan fingerprint density at radius 2 is 0.872 bits per heavy atom. The lowest BCUT2D eigenvalue weighted by atomic mass is 9.79. The second-order valence-corrected chi connectivity index (χ2v) is 17.2. The van der Waals surface area contributed by atoms with Crippen LogP contribution in [0.1, 0.15) is 113 Å². The highest BCUT2D eigenvalue weighted by Crippen LogP contribution is 2.52. The summed E-state index contributed by atoms with van der Waals surface area (Å²) < 4.78 is 0. The second-order valence-electron chi connectivity index (χ2n) is 15.9. The van der Waals surface area contributed by atoms with Crippen molar-refractivity contribution in [1.82, 2.24) is 0 Å². The highest BCUT2D eigenvalue weighted by atomic mass is 28.2. The third kappa shape index (κ3) is 6.66. The summed E-state index contributed by atoms with van der Waals surface area (Å²) in [6.45, 7) is 19.1. The zero-order chi connectivity index (χ0) is 33.3. The lowest BCUT2D eigenvalue weighted by Gasteiger charge is -2.30. The van der Waals surface area contributed by atoms with Crippen molar-refractivity contribution in [3.8, 4) is 22.3 Å². The Morgan fingerprint density at radius 3 is 1.26 bits per heavy atom. The summed E-state index contributed by atoms with van der Waals surface area (Å²) in [5.41, 5.74) is 18.1. The van der Waals surface area contributed by atoms with Gasteiger partial charge in [0.05, 0.1) is 0 Å². The van der Waals surface area contributed by atoms with Crippen molar-refractivity contribution in [2.45, 2.75) is 105 Å². The van der Waals surface area contributed by atoms with Crippen LogP contribution in [-0.4, -0.2) is 9.52 Å². The van der Waals surface area contributed by atoms with E-state index in [0.29, 0.717) is 11.8 Å². The van der Waals surface area contributed by atoms with Crippen molar-refractivity contribution in [3.63, 3.8) is 0 Å². The van der Waals surface area contributed by atoms with E-state index in [0.717, 1.165) is 22.4 Å². The molecule has 0 fully saturated rings. The molecule has 242 valence electrons. The Morgan fingerprint density at radius 1 is 0.489 bits per heavy atom. The quantitative estimate of drug-likeness (QED) is 0.152. The largest absolute Gasteiger partial charge is 0.0651 e. The number of fused-ring (bicyclic) bond motifs is 2. The number of rotatable bonds is 10. The van der Waals surface area contributed by atoms with E-state index in [4.69, 9.17) is 0 Å². The van der Waals surface area contributed by atoms with E-state index in [9.17, 15) is 0 Å². The third-order valence-electron chi connectivity index (χ3n) is 10.5. The number of allylic oxidation sites excluding steroid dienone is 2. The summed E-state index contributed by atoms with van der Waals surface area (Å²) in [7, 11) is 0.895. The summed E-state index contributed by atoms with van der Waals surface area (Å²) in [5, 5.41) is 0. The summed E-state index contributed by atoms with van der Waals surface area (Å²) in [6, 6.07) is 34.8. The molecule has 1 heteroatoms. The molecule has 0 saturated carbocycles. The number of hydrogen-bond acceptors (Lipinski definition) is 0. The van der Waals surface area contributed by atoms with Gasteiger partial charge in [0.2, 0.25) is 0 Å². The van der Waals surface area contributed by atoms with Crippen molar-refractivity contribution in [3.05, 3.63) is 129 Å². The molecule has 0 aromatic heterocycles. The van der Waals surface area contributed by atoms with E-state index in [1.807, 2.05) is 0 Å². The SMILES string of the molecule is CCCc1ccccc1-c1cccc2c1C=C(C(C)(C)C)C2C[Si]CC1C(C(C)(C)C)=Cc2c(-c3ccccc3CCC)cccc21. The maximum Gasteiger partial charge on any atom is 0.0397 e. The molecule has 6 rings (SSSR count). The summed E-state index contributed by atoms with van der Waals surface area (Å²) >= 11 is 0. The van der Waals surface area contributed by atoms with E-state index >= 15 is 0 Å². The first kappa shape index (κ1) is 33.5. The van der Waals surface area contributed by atoms with Gasteiger partial charge in [-0.25, -0.2) is 0 Å². The summed E-state index contributed by atoms with van der Waals surface area (Å²) in [5.74, 6) is 0.966. The Balaban J connectivity index is 1.32. The molecule has 0 N–H and O–H groups in total. The summed E-state index contributed by atoms with van der Waals surface area (Å²) in [6.07, 6.45) is 9.74. The molecule has 2 aliphatic carbocycles. The fourth-order valence-electron chi connectivity index (χ4n) is 8.24. The molecule has 0 amide bonds. The predicted octanol–water partition coefficient (Wildman–Crippen LogP) is 13.2. The van der Waals surface area contributed by atoms with Gasteiger partial charge in [-0.05, 0) is 79.3 Å². The Bertz CT molecular complexity index is 1670. The smallest absolute Gasteiger partial charge is 0.0397 e. The van der Waals surface area contributed by atoms with Crippen LogP contribution in [0.3, 0.4) is 0 Å². The Hall–Kier alpha value is -3.42. The average Bonchev–Trinajstić information content (AvgIpc) is 3.62. The van der Waals surface area contributed by atoms with Crippen LogP contribution in [-0.2, 0) is 12.8 Å². The highest BCUT2D eigenvalue weighted by molar-refractivity contribution is 6.36. The number of hydrogen-bond donors (Lipinski definition) is 0. The first-order valence-corrected chi connectivity index (χ1v) is 19.5. The van der Waals surface area contributed by atoms with Crippen molar-refractivity contribution in [2.75, 3.05) is 0 Å². The van der Waals surface area contributed by atoms with Crippen LogP contribution in [0.4, 0.5) is 0 Å². The van der Waals surface area contributed by atoms with Crippen molar-refractivity contribution in [2.24, 2.45) is 10.8 Å². The van der Waals surface area contributed by atoms with Gasteiger partial charge in [0, 0.05) is 21.4 Å². The van der Waals surface area contributed by atoms with Gasteiger partial charge in [0.25, 0.3) is 0 Å². The summed E-state index contributed by atoms with van der Waals surface area (Å²) in [4.78, 5) is 0. The highest BCUT2D eigenvalue weighted by Gasteiger charge is 2.36. The third-order valence-corrected chi connectivity index (χ3v) is 11.9. The maximum absolute atomic E-state index is 2.58. The normalized spacial score (nSPS) is 17.4. The molecule has 0 bridgehead atoms. The van der Waals surface area contributed by atoms with Crippen LogP contribution >= 0.6 is 0 Å². The van der Waals surface area contributed by atoms with Crippen LogP contribution in [0.2, 0.25) is 12.1 Å². The monoisotopic (exact) mass is 634 g/mol. The van der Waals surface area contributed by atoms with E-state index in [-0.39, 0.29) is 10.8 Å². The van der Waals surface area contributed by atoms with E-state index < -0.39 is 0 Å². The maximum atomic E-state index is 2.58. The molecular weight excluding hydrogens is 581 g/mol. The fraction of sp³-hybridized carbons (Fsp3) is 0.391.